The van der Waals surface area contributed by atoms with Gasteiger partial charge in [0.05, 0.1) is 22.0 Å². The maximum atomic E-state index is 12.7. The van der Waals surface area contributed by atoms with Gasteiger partial charge in [-0.25, -0.2) is 9.97 Å². The quantitative estimate of drug-likeness (QED) is 0.693. The molecule has 1 amide bonds. The zero-order valence-corrected chi connectivity index (χ0v) is 15.4. The van der Waals surface area contributed by atoms with E-state index in [0.29, 0.717) is 17.6 Å². The van der Waals surface area contributed by atoms with E-state index in [1.54, 1.807) is 6.20 Å². The molecule has 3 heterocycles. The van der Waals surface area contributed by atoms with Crippen LogP contribution in [0, 0.1) is 5.92 Å². The standard InChI is InChI=1S/C19H21N5OS/c1-12(14-7-2-3-9-20-14)22-19-23-15-8-10-26-17(15)16(24-19)18(25)21-11-13-5-4-6-13/h2-3,7-10,12-13H,4-6,11H2,1H3,(H,21,25)(H,22,23,24)/t12-/m0/s1. The van der Waals surface area contributed by atoms with Gasteiger partial charge < -0.3 is 10.6 Å². The zero-order valence-electron chi connectivity index (χ0n) is 14.6. The summed E-state index contributed by atoms with van der Waals surface area (Å²) in [7, 11) is 0. The average molecular weight is 367 g/mol. The van der Waals surface area contributed by atoms with Gasteiger partial charge in [-0.15, -0.1) is 11.3 Å². The van der Waals surface area contributed by atoms with Gasteiger partial charge in [0, 0.05) is 12.7 Å². The van der Waals surface area contributed by atoms with Crippen LogP contribution < -0.4 is 10.6 Å². The van der Waals surface area contributed by atoms with Crippen molar-refractivity contribution in [2.45, 2.75) is 32.2 Å². The molecule has 26 heavy (non-hydrogen) atoms. The number of pyridine rings is 1. The minimum Gasteiger partial charge on any atom is -0.350 e. The summed E-state index contributed by atoms with van der Waals surface area (Å²) in [5.74, 6) is 0.935. The first kappa shape index (κ1) is 16.9. The van der Waals surface area contributed by atoms with Crippen LogP contribution in [-0.4, -0.2) is 27.4 Å². The Labute approximate surface area is 156 Å². The first-order chi connectivity index (χ1) is 12.7. The second-order valence-corrected chi connectivity index (χ2v) is 7.57. The fourth-order valence-corrected chi connectivity index (χ4v) is 3.82. The van der Waals surface area contributed by atoms with Crippen LogP contribution in [0.5, 0.6) is 0 Å². The van der Waals surface area contributed by atoms with Crippen LogP contribution in [0.15, 0.2) is 35.8 Å². The van der Waals surface area contributed by atoms with Gasteiger partial charge in [0.25, 0.3) is 5.91 Å². The lowest BCUT2D eigenvalue weighted by molar-refractivity contribution is 0.0936. The molecular weight excluding hydrogens is 346 g/mol. The van der Waals surface area contributed by atoms with E-state index in [1.165, 1.54) is 30.6 Å². The van der Waals surface area contributed by atoms with Crippen LogP contribution in [0.25, 0.3) is 10.2 Å². The molecule has 0 spiro atoms. The summed E-state index contributed by atoms with van der Waals surface area (Å²) in [5, 5.41) is 8.23. The fourth-order valence-electron chi connectivity index (χ4n) is 3.00. The van der Waals surface area contributed by atoms with Crippen molar-refractivity contribution >= 4 is 33.4 Å². The summed E-state index contributed by atoms with van der Waals surface area (Å²) >= 11 is 1.49. The van der Waals surface area contributed by atoms with Gasteiger partial charge in [0.15, 0.2) is 5.69 Å². The van der Waals surface area contributed by atoms with Crippen LogP contribution in [-0.2, 0) is 0 Å². The molecule has 1 fully saturated rings. The lowest BCUT2D eigenvalue weighted by atomic mass is 9.85. The van der Waals surface area contributed by atoms with Gasteiger partial charge in [0.1, 0.15) is 0 Å². The van der Waals surface area contributed by atoms with Crippen molar-refractivity contribution < 1.29 is 4.79 Å². The summed E-state index contributed by atoms with van der Waals surface area (Å²) in [6.45, 7) is 2.72. The number of amides is 1. The van der Waals surface area contributed by atoms with Crippen molar-refractivity contribution in [3.63, 3.8) is 0 Å². The number of fused-ring (bicyclic) bond motifs is 1. The number of hydrogen-bond acceptors (Lipinski definition) is 6. The predicted octanol–water partition coefficient (Wildman–Crippen LogP) is 3.79. The van der Waals surface area contributed by atoms with Crippen LogP contribution >= 0.6 is 11.3 Å². The summed E-state index contributed by atoms with van der Waals surface area (Å²) in [5.41, 5.74) is 2.13. The Kier molecular flexibility index (Phi) is 4.79. The highest BCUT2D eigenvalue weighted by Crippen LogP contribution is 2.27. The number of nitrogens with zero attached hydrogens (tertiary/aromatic N) is 3. The van der Waals surface area contributed by atoms with Crippen molar-refractivity contribution in [2.24, 2.45) is 5.92 Å². The number of hydrogen-bond donors (Lipinski definition) is 2. The second kappa shape index (κ2) is 7.37. The smallest absolute Gasteiger partial charge is 0.271 e. The van der Waals surface area contributed by atoms with E-state index in [2.05, 4.69) is 25.6 Å². The Bertz CT molecular complexity index is 907. The summed E-state index contributed by atoms with van der Waals surface area (Å²) in [4.78, 5) is 26.1. The summed E-state index contributed by atoms with van der Waals surface area (Å²) in [6, 6.07) is 7.64. The normalized spacial score (nSPS) is 15.4. The van der Waals surface area contributed by atoms with Gasteiger partial charge in [-0.1, -0.05) is 12.5 Å². The molecule has 2 N–H and O–H groups in total. The topological polar surface area (TPSA) is 79.8 Å². The van der Waals surface area contributed by atoms with Crippen LogP contribution in [0.1, 0.15) is 48.4 Å². The highest BCUT2D eigenvalue weighted by molar-refractivity contribution is 7.17. The number of thiophene rings is 1. The number of anilines is 1. The van der Waals surface area contributed by atoms with E-state index in [-0.39, 0.29) is 11.9 Å². The first-order valence-corrected chi connectivity index (χ1v) is 9.79. The van der Waals surface area contributed by atoms with Gasteiger partial charge in [-0.3, -0.25) is 9.78 Å². The highest BCUT2D eigenvalue weighted by atomic mass is 32.1. The Hall–Kier alpha value is -2.54. The van der Waals surface area contributed by atoms with E-state index in [0.717, 1.165) is 22.5 Å². The molecule has 0 radical (unpaired) electrons. The Morgan fingerprint density at radius 1 is 1.31 bits per heavy atom. The molecule has 1 aliphatic rings. The first-order valence-electron chi connectivity index (χ1n) is 8.91. The van der Waals surface area contributed by atoms with Gasteiger partial charge in [-0.05, 0) is 49.3 Å². The highest BCUT2D eigenvalue weighted by Gasteiger charge is 2.21. The van der Waals surface area contributed by atoms with Crippen LogP contribution in [0.4, 0.5) is 5.95 Å². The van der Waals surface area contributed by atoms with Gasteiger partial charge >= 0.3 is 0 Å². The second-order valence-electron chi connectivity index (χ2n) is 6.66. The molecule has 0 bridgehead atoms. The molecule has 1 atom stereocenters. The Morgan fingerprint density at radius 2 is 2.19 bits per heavy atom. The lowest BCUT2D eigenvalue weighted by Gasteiger charge is -2.25. The van der Waals surface area contributed by atoms with Crippen molar-refractivity contribution in [1.82, 2.24) is 20.3 Å². The third kappa shape index (κ3) is 3.53. The maximum Gasteiger partial charge on any atom is 0.271 e. The summed E-state index contributed by atoms with van der Waals surface area (Å²) < 4.78 is 0.826. The Balaban J connectivity index is 1.56. The lowest BCUT2D eigenvalue weighted by Crippen LogP contribution is -2.32. The molecule has 7 heteroatoms. The Morgan fingerprint density at radius 3 is 2.92 bits per heavy atom. The van der Waals surface area contributed by atoms with E-state index >= 15 is 0 Å². The fraction of sp³-hybridized carbons (Fsp3) is 0.368. The zero-order chi connectivity index (χ0) is 17.9. The molecule has 0 aliphatic heterocycles. The van der Waals surface area contributed by atoms with Crippen molar-refractivity contribution in [2.75, 3.05) is 11.9 Å². The molecule has 0 aromatic carbocycles. The van der Waals surface area contributed by atoms with E-state index in [9.17, 15) is 4.79 Å². The number of aromatic nitrogens is 3. The van der Waals surface area contributed by atoms with E-state index in [4.69, 9.17) is 0 Å². The average Bonchev–Trinajstić information content (AvgIpc) is 3.08. The molecule has 0 saturated heterocycles. The minimum atomic E-state index is -0.125. The SMILES string of the molecule is C[C@H](Nc1nc(C(=O)NCC2CCC2)c2sccc2n1)c1ccccn1. The van der Waals surface area contributed by atoms with Crippen LogP contribution in [0.3, 0.4) is 0 Å². The number of nitrogens with one attached hydrogen (secondary N) is 2. The molecule has 3 aromatic rings. The number of carbonyl (C=O) groups is 1. The predicted molar refractivity (Wildman–Crippen MR) is 103 cm³/mol. The van der Waals surface area contributed by atoms with E-state index < -0.39 is 0 Å². The molecular formula is C19H21N5OS. The molecule has 4 rings (SSSR count). The van der Waals surface area contributed by atoms with Crippen LogP contribution in [0.2, 0.25) is 0 Å². The third-order valence-electron chi connectivity index (χ3n) is 4.77. The summed E-state index contributed by atoms with van der Waals surface area (Å²) in [6.07, 6.45) is 5.43. The molecule has 3 aromatic heterocycles. The number of carbonyl (C=O) groups excluding carboxylic acids is 1. The van der Waals surface area contributed by atoms with Gasteiger partial charge in [0.2, 0.25) is 5.95 Å². The molecule has 0 unspecified atom stereocenters. The molecule has 134 valence electrons. The van der Waals surface area contributed by atoms with E-state index in [1.807, 2.05) is 36.6 Å². The monoisotopic (exact) mass is 367 g/mol. The van der Waals surface area contributed by atoms with Crippen molar-refractivity contribution in [3.8, 4) is 0 Å². The maximum absolute atomic E-state index is 12.7. The van der Waals surface area contributed by atoms with Gasteiger partial charge in [-0.2, -0.15) is 0 Å². The van der Waals surface area contributed by atoms with Crippen molar-refractivity contribution in [1.29, 1.82) is 0 Å². The molecule has 6 nitrogen and oxygen atoms in total. The molecule has 1 aliphatic carbocycles. The van der Waals surface area contributed by atoms with Crippen molar-refractivity contribution in [3.05, 3.63) is 47.2 Å². The third-order valence-corrected chi connectivity index (χ3v) is 5.68. The minimum absolute atomic E-state index is 0.0572. The molecule has 1 saturated carbocycles. The largest absolute Gasteiger partial charge is 0.350 e. The number of rotatable bonds is 6.